The van der Waals surface area contributed by atoms with Crippen molar-refractivity contribution < 1.29 is 23.8 Å². The molecule has 1 aromatic carbocycles. The van der Waals surface area contributed by atoms with Gasteiger partial charge in [0.2, 0.25) is 5.78 Å². The highest BCUT2D eigenvalue weighted by molar-refractivity contribution is 6.33. The van der Waals surface area contributed by atoms with Crippen LogP contribution in [0.3, 0.4) is 0 Å². The first-order valence-corrected chi connectivity index (χ1v) is 5.59. The second-order valence-electron chi connectivity index (χ2n) is 4.51. The number of Topliss-reactive ketones (excluding diaryl/α,β-unsaturated/α-hetero) is 1. The predicted octanol–water partition coefficient (Wildman–Crippen LogP) is 1.91. The molecule has 0 aromatic heterocycles. The van der Waals surface area contributed by atoms with E-state index < -0.39 is 23.0 Å². The number of aliphatic carboxylic acids is 1. The summed E-state index contributed by atoms with van der Waals surface area (Å²) in [6, 6.07) is 4.72. The topological polar surface area (TPSA) is 63.6 Å². The predicted molar refractivity (Wildman–Crippen MR) is 61.1 cm³/mol. The van der Waals surface area contributed by atoms with E-state index in [1.165, 1.54) is 13.2 Å². The van der Waals surface area contributed by atoms with Gasteiger partial charge in [0.15, 0.2) is 11.6 Å². The van der Waals surface area contributed by atoms with Crippen molar-refractivity contribution in [2.45, 2.75) is 24.7 Å². The van der Waals surface area contributed by atoms with Gasteiger partial charge in [0.1, 0.15) is 0 Å². The van der Waals surface area contributed by atoms with Gasteiger partial charge in [-0.1, -0.05) is 12.1 Å². The van der Waals surface area contributed by atoms with Crippen LogP contribution >= 0.6 is 0 Å². The Morgan fingerprint density at radius 1 is 1.44 bits per heavy atom. The molecule has 0 aliphatic heterocycles. The van der Waals surface area contributed by atoms with E-state index in [0.717, 1.165) is 0 Å². The Morgan fingerprint density at radius 2 is 2.11 bits per heavy atom. The average molecular weight is 252 g/mol. The molecule has 0 heterocycles. The van der Waals surface area contributed by atoms with Crippen molar-refractivity contribution in [2.24, 2.45) is 0 Å². The van der Waals surface area contributed by atoms with Crippen molar-refractivity contribution in [3.63, 3.8) is 0 Å². The summed E-state index contributed by atoms with van der Waals surface area (Å²) in [5.74, 6) is -2.74. The number of benzene rings is 1. The summed E-state index contributed by atoms with van der Waals surface area (Å²) in [5.41, 5.74) is -0.287. The number of carbonyl (C=O) groups is 2. The van der Waals surface area contributed by atoms with E-state index in [1.54, 1.807) is 12.1 Å². The van der Waals surface area contributed by atoms with Crippen LogP contribution in [0.15, 0.2) is 18.2 Å². The van der Waals surface area contributed by atoms with E-state index in [4.69, 9.17) is 9.84 Å². The van der Waals surface area contributed by atoms with Gasteiger partial charge in [-0.25, -0.2) is 9.18 Å². The summed E-state index contributed by atoms with van der Waals surface area (Å²) in [4.78, 5) is 21.9. The van der Waals surface area contributed by atoms with Crippen LogP contribution in [0.2, 0.25) is 0 Å². The standard InChI is InChI=1S/C13H13FO4/c1-18-10-4-2-3-8(11(10)14)13(5-6-13)7-9(15)12(16)17/h2-4H,5-7H2,1H3,(H,16,17). The molecule has 5 heteroatoms. The van der Waals surface area contributed by atoms with E-state index >= 15 is 0 Å². The third-order valence-electron chi connectivity index (χ3n) is 3.35. The molecule has 1 aliphatic carbocycles. The van der Waals surface area contributed by atoms with E-state index in [-0.39, 0.29) is 12.2 Å². The summed E-state index contributed by atoms with van der Waals surface area (Å²) in [7, 11) is 1.37. The van der Waals surface area contributed by atoms with Crippen LogP contribution < -0.4 is 4.74 Å². The minimum absolute atomic E-state index is 0.113. The Balaban J connectivity index is 2.31. The van der Waals surface area contributed by atoms with Gasteiger partial charge in [-0.2, -0.15) is 0 Å². The fourth-order valence-corrected chi connectivity index (χ4v) is 2.15. The highest BCUT2D eigenvalue weighted by Crippen LogP contribution is 2.52. The first kappa shape index (κ1) is 12.5. The molecule has 0 amide bonds. The van der Waals surface area contributed by atoms with E-state index in [9.17, 15) is 14.0 Å². The Bertz CT molecular complexity index is 506. The third kappa shape index (κ3) is 2.08. The van der Waals surface area contributed by atoms with Crippen molar-refractivity contribution in [3.05, 3.63) is 29.6 Å². The smallest absolute Gasteiger partial charge is 0.372 e. The molecule has 0 atom stereocenters. The van der Waals surface area contributed by atoms with E-state index in [1.807, 2.05) is 0 Å². The highest BCUT2D eigenvalue weighted by Gasteiger charge is 2.48. The van der Waals surface area contributed by atoms with Gasteiger partial charge < -0.3 is 9.84 Å². The Kier molecular flexibility index (Phi) is 3.07. The molecule has 4 nitrogen and oxygen atoms in total. The lowest BCUT2D eigenvalue weighted by Gasteiger charge is -2.16. The maximum atomic E-state index is 14.1. The van der Waals surface area contributed by atoms with E-state index in [2.05, 4.69) is 0 Å². The lowest BCUT2D eigenvalue weighted by Crippen LogP contribution is -2.21. The molecule has 0 spiro atoms. The highest BCUT2D eigenvalue weighted by atomic mass is 19.1. The summed E-state index contributed by atoms with van der Waals surface area (Å²) >= 11 is 0. The second kappa shape index (κ2) is 4.40. The maximum Gasteiger partial charge on any atom is 0.372 e. The van der Waals surface area contributed by atoms with Crippen LogP contribution in [-0.4, -0.2) is 24.0 Å². The second-order valence-corrected chi connectivity index (χ2v) is 4.51. The number of ketones is 1. The molecule has 1 aromatic rings. The number of halogens is 1. The molecule has 18 heavy (non-hydrogen) atoms. The molecule has 0 unspecified atom stereocenters. The minimum atomic E-state index is -1.47. The molecule has 2 rings (SSSR count). The molecule has 1 fully saturated rings. The largest absolute Gasteiger partial charge is 0.494 e. The Hall–Kier alpha value is -1.91. The van der Waals surface area contributed by atoms with Gasteiger partial charge in [0, 0.05) is 11.8 Å². The zero-order chi connectivity index (χ0) is 13.3. The van der Waals surface area contributed by atoms with Crippen molar-refractivity contribution in [1.82, 2.24) is 0 Å². The molecule has 0 saturated heterocycles. The van der Waals surface area contributed by atoms with Crippen LogP contribution in [0.4, 0.5) is 4.39 Å². The van der Waals surface area contributed by atoms with Crippen LogP contribution in [-0.2, 0) is 15.0 Å². The van der Waals surface area contributed by atoms with Gasteiger partial charge in [-0.3, -0.25) is 4.79 Å². The van der Waals surface area contributed by atoms with Crippen LogP contribution in [0, 0.1) is 5.82 Å². The number of methoxy groups -OCH3 is 1. The minimum Gasteiger partial charge on any atom is -0.494 e. The first-order chi connectivity index (χ1) is 8.50. The molecular formula is C13H13FO4. The summed E-state index contributed by atoms with van der Waals surface area (Å²) < 4.78 is 19.0. The summed E-state index contributed by atoms with van der Waals surface area (Å²) in [6.07, 6.45) is 1.08. The normalized spacial score (nSPS) is 16.1. The number of ether oxygens (including phenoxy) is 1. The quantitative estimate of drug-likeness (QED) is 0.813. The zero-order valence-electron chi connectivity index (χ0n) is 9.90. The van der Waals surface area contributed by atoms with Crippen molar-refractivity contribution >= 4 is 11.8 Å². The molecule has 96 valence electrons. The van der Waals surface area contributed by atoms with Crippen LogP contribution in [0.25, 0.3) is 0 Å². The molecule has 1 saturated carbocycles. The molecule has 1 N–H and O–H groups in total. The third-order valence-corrected chi connectivity index (χ3v) is 3.35. The lowest BCUT2D eigenvalue weighted by molar-refractivity contribution is -0.149. The zero-order valence-corrected chi connectivity index (χ0v) is 9.90. The number of hydrogen-bond donors (Lipinski definition) is 1. The molecule has 0 bridgehead atoms. The fourth-order valence-electron chi connectivity index (χ4n) is 2.15. The number of carboxylic acid groups (broad SMARTS) is 1. The molecule has 1 aliphatic rings. The number of rotatable bonds is 5. The van der Waals surface area contributed by atoms with Crippen molar-refractivity contribution in [1.29, 1.82) is 0 Å². The van der Waals surface area contributed by atoms with Gasteiger partial charge in [-0.15, -0.1) is 0 Å². The fraction of sp³-hybridized carbons (Fsp3) is 0.385. The monoisotopic (exact) mass is 252 g/mol. The first-order valence-electron chi connectivity index (χ1n) is 5.59. The Labute approximate surface area is 103 Å². The SMILES string of the molecule is COc1cccc(C2(CC(=O)C(=O)O)CC2)c1F. The van der Waals surface area contributed by atoms with Gasteiger partial charge in [0.05, 0.1) is 7.11 Å². The van der Waals surface area contributed by atoms with Gasteiger partial charge >= 0.3 is 5.97 Å². The van der Waals surface area contributed by atoms with E-state index in [0.29, 0.717) is 18.4 Å². The van der Waals surface area contributed by atoms with Gasteiger partial charge in [-0.05, 0) is 24.5 Å². The number of carbonyl (C=O) groups excluding carboxylic acids is 1. The Morgan fingerprint density at radius 3 is 2.61 bits per heavy atom. The lowest BCUT2D eigenvalue weighted by atomic mass is 9.90. The van der Waals surface area contributed by atoms with Crippen molar-refractivity contribution in [2.75, 3.05) is 7.11 Å². The summed E-state index contributed by atoms with van der Waals surface area (Å²) in [6.45, 7) is 0. The molecule has 0 radical (unpaired) electrons. The van der Waals surface area contributed by atoms with Crippen molar-refractivity contribution in [3.8, 4) is 5.75 Å². The molecular weight excluding hydrogens is 239 g/mol. The van der Waals surface area contributed by atoms with Crippen LogP contribution in [0.5, 0.6) is 5.75 Å². The number of carboxylic acids is 1. The average Bonchev–Trinajstić information content (AvgIpc) is 3.10. The number of hydrogen-bond acceptors (Lipinski definition) is 3. The maximum absolute atomic E-state index is 14.1. The van der Waals surface area contributed by atoms with Gasteiger partial charge in [0.25, 0.3) is 0 Å². The summed E-state index contributed by atoms with van der Waals surface area (Å²) in [5, 5.41) is 8.62. The van der Waals surface area contributed by atoms with Crippen LogP contribution in [0.1, 0.15) is 24.8 Å².